The van der Waals surface area contributed by atoms with Crippen molar-refractivity contribution in [3.8, 4) is 0 Å². The summed E-state index contributed by atoms with van der Waals surface area (Å²) in [5.41, 5.74) is 0. The zero-order chi connectivity index (χ0) is 13.2. The molecule has 1 heterocycles. The Bertz CT molecular complexity index is 382. The highest BCUT2D eigenvalue weighted by Gasteiger charge is 2.41. The summed E-state index contributed by atoms with van der Waals surface area (Å²) in [4.78, 5) is 12.9. The molecule has 100 valence electrons. The van der Waals surface area contributed by atoms with Crippen molar-refractivity contribution in [2.45, 2.75) is 38.0 Å². The number of likely N-dealkylation sites (tertiary alicyclic amines) is 1. The van der Waals surface area contributed by atoms with Gasteiger partial charge >= 0.3 is 10.2 Å². The van der Waals surface area contributed by atoms with E-state index >= 15 is 0 Å². The summed E-state index contributed by atoms with van der Waals surface area (Å²) >= 11 is 0. The van der Waals surface area contributed by atoms with Gasteiger partial charge in [-0.05, 0) is 12.3 Å². The maximum absolute atomic E-state index is 12.8. The Balaban J connectivity index is 2.75. The van der Waals surface area contributed by atoms with E-state index in [-0.39, 0.29) is 25.5 Å². The molecular formula is C10H18FNO4S. The molecule has 1 aliphatic heterocycles. The topological polar surface area (TPSA) is 74.7 Å². The second-order valence-electron chi connectivity index (χ2n) is 4.81. The number of amides is 1. The van der Waals surface area contributed by atoms with Crippen molar-refractivity contribution in [2.24, 2.45) is 5.92 Å². The normalized spacial score (nSPS) is 23.5. The molecule has 7 heteroatoms. The Kier molecular flexibility index (Phi) is 4.48. The molecule has 2 atom stereocenters. The first kappa shape index (κ1) is 14.4. The van der Waals surface area contributed by atoms with E-state index in [0.29, 0.717) is 6.42 Å². The minimum absolute atomic E-state index is 0.157. The second-order valence-corrected chi connectivity index (χ2v) is 6.43. The van der Waals surface area contributed by atoms with Gasteiger partial charge in [0.25, 0.3) is 0 Å². The molecule has 0 aromatic carbocycles. The first-order valence-electron chi connectivity index (χ1n) is 5.59. The fraction of sp³-hybridized carbons (Fsp3) is 0.900. The molecule has 1 fully saturated rings. The molecule has 17 heavy (non-hydrogen) atoms. The molecule has 0 radical (unpaired) electrons. The van der Waals surface area contributed by atoms with Crippen LogP contribution in [0.25, 0.3) is 0 Å². The number of halogens is 1. The van der Waals surface area contributed by atoms with Crippen LogP contribution >= 0.6 is 0 Å². The van der Waals surface area contributed by atoms with Gasteiger partial charge in [0.05, 0.1) is 12.6 Å². The van der Waals surface area contributed by atoms with Gasteiger partial charge in [-0.2, -0.15) is 8.42 Å². The van der Waals surface area contributed by atoms with Gasteiger partial charge in [0.1, 0.15) is 5.25 Å². The summed E-state index contributed by atoms with van der Waals surface area (Å²) in [6.45, 7) is 3.48. The number of hydrogen-bond donors (Lipinski definition) is 1. The zero-order valence-electron chi connectivity index (χ0n) is 9.97. The lowest BCUT2D eigenvalue weighted by Crippen LogP contribution is -2.40. The molecule has 1 unspecified atom stereocenters. The van der Waals surface area contributed by atoms with Crippen molar-refractivity contribution in [2.75, 3.05) is 13.2 Å². The predicted molar refractivity (Wildman–Crippen MR) is 60.5 cm³/mol. The number of nitrogens with zero attached hydrogens (tertiary/aromatic N) is 1. The van der Waals surface area contributed by atoms with Crippen molar-refractivity contribution < 1.29 is 22.2 Å². The van der Waals surface area contributed by atoms with E-state index in [0.717, 1.165) is 0 Å². The summed E-state index contributed by atoms with van der Waals surface area (Å²) in [5.74, 6) is -0.142. The first-order chi connectivity index (χ1) is 7.75. The fourth-order valence-corrected chi connectivity index (χ4v) is 2.76. The summed E-state index contributed by atoms with van der Waals surface area (Å²) in [5, 5.41) is 7.92. The van der Waals surface area contributed by atoms with Crippen LogP contribution in [-0.4, -0.2) is 48.8 Å². The third kappa shape index (κ3) is 3.64. The lowest BCUT2D eigenvalue weighted by molar-refractivity contribution is -0.130. The molecule has 1 N–H and O–H groups in total. The average molecular weight is 267 g/mol. The number of rotatable bonds is 5. The van der Waals surface area contributed by atoms with E-state index in [9.17, 15) is 22.2 Å². The minimum atomic E-state index is -4.68. The lowest BCUT2D eigenvalue weighted by Gasteiger charge is -2.27. The molecule has 0 aliphatic carbocycles. The third-order valence-electron chi connectivity index (χ3n) is 2.92. The number of carbonyl (C=O) groups is 1. The van der Waals surface area contributed by atoms with Crippen LogP contribution in [0.1, 0.15) is 26.7 Å². The van der Waals surface area contributed by atoms with Crippen LogP contribution in [0.2, 0.25) is 0 Å². The molecule has 1 saturated heterocycles. The van der Waals surface area contributed by atoms with Crippen LogP contribution < -0.4 is 0 Å². The first-order valence-corrected chi connectivity index (χ1v) is 7.04. The molecule has 5 nitrogen and oxygen atoms in total. The Morgan fingerprint density at radius 1 is 1.53 bits per heavy atom. The van der Waals surface area contributed by atoms with Gasteiger partial charge in [-0.1, -0.05) is 13.8 Å². The van der Waals surface area contributed by atoms with Crippen LogP contribution in [0.15, 0.2) is 0 Å². The summed E-state index contributed by atoms with van der Waals surface area (Å²) in [7, 11) is -4.68. The number of aliphatic hydroxyl groups is 1. The van der Waals surface area contributed by atoms with Gasteiger partial charge in [-0.3, -0.25) is 4.79 Å². The van der Waals surface area contributed by atoms with Gasteiger partial charge in [0.15, 0.2) is 0 Å². The number of hydrogen-bond acceptors (Lipinski definition) is 4. The van der Waals surface area contributed by atoms with Gasteiger partial charge in [-0.25, -0.2) is 0 Å². The molecule has 1 rings (SSSR count). The highest BCUT2D eigenvalue weighted by molar-refractivity contribution is 7.87. The third-order valence-corrected chi connectivity index (χ3v) is 4.03. The van der Waals surface area contributed by atoms with E-state index in [1.54, 1.807) is 0 Å². The van der Waals surface area contributed by atoms with Crippen LogP contribution in [0.5, 0.6) is 0 Å². The smallest absolute Gasteiger partial charge is 0.307 e. The summed E-state index contributed by atoms with van der Waals surface area (Å²) in [6, 6.07) is -0.422. The number of carbonyl (C=O) groups excluding carboxylic acids is 1. The quantitative estimate of drug-likeness (QED) is 0.727. The largest absolute Gasteiger partial charge is 0.394 e. The van der Waals surface area contributed by atoms with Crippen LogP contribution in [0, 0.1) is 5.92 Å². The molecule has 0 saturated carbocycles. The molecule has 0 aromatic rings. The van der Waals surface area contributed by atoms with E-state index in [1.165, 1.54) is 4.90 Å². The minimum Gasteiger partial charge on any atom is -0.394 e. The monoisotopic (exact) mass is 267 g/mol. The zero-order valence-corrected chi connectivity index (χ0v) is 10.8. The highest BCUT2D eigenvalue weighted by Crippen LogP contribution is 2.24. The van der Waals surface area contributed by atoms with Crippen molar-refractivity contribution in [3.05, 3.63) is 0 Å². The van der Waals surface area contributed by atoms with Crippen LogP contribution in [-0.2, 0) is 15.0 Å². The van der Waals surface area contributed by atoms with E-state index in [4.69, 9.17) is 0 Å². The van der Waals surface area contributed by atoms with Crippen molar-refractivity contribution >= 4 is 16.1 Å². The SMILES string of the molecule is CC(C)C[C@@H](CO)N1CC(S(=O)(=O)F)CC1=O. The second kappa shape index (κ2) is 5.30. The Morgan fingerprint density at radius 2 is 2.12 bits per heavy atom. The van der Waals surface area contributed by atoms with Crippen LogP contribution in [0.3, 0.4) is 0 Å². The van der Waals surface area contributed by atoms with Gasteiger partial charge in [-0.15, -0.1) is 3.89 Å². The highest BCUT2D eigenvalue weighted by atomic mass is 32.3. The van der Waals surface area contributed by atoms with Gasteiger partial charge < -0.3 is 10.0 Å². The summed E-state index contributed by atoms with van der Waals surface area (Å²) in [6.07, 6.45) is 0.245. The molecule has 0 spiro atoms. The standard InChI is InChI=1S/C10H18FNO4S/c1-7(2)3-8(6-13)12-5-9(4-10(12)14)17(11,15)16/h7-9,13H,3-6H2,1-2H3/t8-,9?/m0/s1. The maximum atomic E-state index is 12.8. The Hall–Kier alpha value is -0.690. The van der Waals surface area contributed by atoms with Crippen molar-refractivity contribution in [1.82, 2.24) is 4.90 Å². The molecule has 1 amide bonds. The predicted octanol–water partition coefficient (Wildman–Crippen LogP) is 0.294. The van der Waals surface area contributed by atoms with E-state index < -0.39 is 27.4 Å². The molecular weight excluding hydrogens is 249 g/mol. The lowest BCUT2D eigenvalue weighted by atomic mass is 10.0. The van der Waals surface area contributed by atoms with Crippen molar-refractivity contribution in [1.29, 1.82) is 0 Å². The average Bonchev–Trinajstić information content (AvgIpc) is 2.56. The summed E-state index contributed by atoms with van der Waals surface area (Å²) < 4.78 is 34.3. The van der Waals surface area contributed by atoms with Gasteiger partial charge in [0, 0.05) is 13.0 Å². The molecule has 1 aliphatic rings. The Morgan fingerprint density at radius 3 is 2.47 bits per heavy atom. The van der Waals surface area contributed by atoms with E-state index in [1.807, 2.05) is 13.8 Å². The number of aliphatic hydroxyl groups excluding tert-OH is 1. The van der Waals surface area contributed by atoms with Crippen LogP contribution in [0.4, 0.5) is 3.89 Å². The maximum Gasteiger partial charge on any atom is 0.307 e. The van der Waals surface area contributed by atoms with E-state index in [2.05, 4.69) is 0 Å². The fourth-order valence-electron chi connectivity index (χ4n) is 2.08. The molecule has 0 bridgehead atoms. The Labute approximate surface area is 101 Å². The van der Waals surface area contributed by atoms with Crippen molar-refractivity contribution in [3.63, 3.8) is 0 Å². The molecule has 0 aromatic heterocycles. The van der Waals surface area contributed by atoms with Gasteiger partial charge in [0.2, 0.25) is 5.91 Å².